The number of anilines is 2. The van der Waals surface area contributed by atoms with Crippen molar-refractivity contribution in [2.24, 2.45) is 0 Å². The van der Waals surface area contributed by atoms with Crippen molar-refractivity contribution in [2.45, 2.75) is 51.6 Å². The van der Waals surface area contributed by atoms with Crippen molar-refractivity contribution < 1.29 is 18.8 Å². The lowest BCUT2D eigenvalue weighted by molar-refractivity contribution is -0.131. The van der Waals surface area contributed by atoms with Gasteiger partial charge in [-0.2, -0.15) is 0 Å². The molecule has 228 valence electrons. The van der Waals surface area contributed by atoms with Crippen molar-refractivity contribution in [1.82, 2.24) is 29.3 Å². The molecule has 0 saturated carbocycles. The minimum absolute atomic E-state index is 0.173. The number of nitrogens with one attached hydrogen (secondary N) is 2. The number of benzene rings is 1. The molecule has 13 heteroatoms. The Bertz CT molecular complexity index is 1850. The van der Waals surface area contributed by atoms with Crippen molar-refractivity contribution in [2.75, 3.05) is 36.9 Å². The normalized spacial score (nSPS) is 18.4. The molecule has 2 bridgehead atoms. The summed E-state index contributed by atoms with van der Waals surface area (Å²) in [6, 6.07) is 13.5. The summed E-state index contributed by atoms with van der Waals surface area (Å²) in [5.41, 5.74) is 3.17. The Morgan fingerprint density at radius 3 is 2.59 bits per heavy atom. The Kier molecular flexibility index (Phi) is 7.01. The van der Waals surface area contributed by atoms with E-state index in [4.69, 9.17) is 19.2 Å². The van der Waals surface area contributed by atoms with Crippen LogP contribution < -0.4 is 15.4 Å². The summed E-state index contributed by atoms with van der Waals surface area (Å²) in [5, 5.41) is 9.44. The van der Waals surface area contributed by atoms with E-state index < -0.39 is 6.03 Å². The first-order valence-electron chi connectivity index (χ1n) is 14.7. The number of ether oxygens (including phenoxy) is 1. The molecule has 0 radical (unpaired) electrons. The van der Waals surface area contributed by atoms with E-state index in [9.17, 15) is 9.59 Å². The zero-order valence-electron chi connectivity index (χ0n) is 25.0. The third-order valence-electron chi connectivity index (χ3n) is 8.25. The van der Waals surface area contributed by atoms with Gasteiger partial charge < -0.3 is 19.5 Å². The van der Waals surface area contributed by atoms with Gasteiger partial charge in [-0.25, -0.2) is 14.8 Å². The van der Waals surface area contributed by atoms with Gasteiger partial charge in [-0.3, -0.25) is 19.4 Å². The Hall–Kier alpha value is -4.49. The van der Waals surface area contributed by atoms with Gasteiger partial charge in [-0.05, 0) is 24.6 Å². The molecule has 7 rings (SSSR count). The highest BCUT2D eigenvalue weighted by atomic mass is 32.1. The van der Waals surface area contributed by atoms with Crippen LogP contribution in [0.25, 0.3) is 26.6 Å². The fraction of sp³-hybridized carbons (Fsp3) is 0.387. The summed E-state index contributed by atoms with van der Waals surface area (Å²) in [4.78, 5) is 39.9. The minimum atomic E-state index is -0.402. The van der Waals surface area contributed by atoms with Crippen LogP contribution in [0.2, 0.25) is 0 Å². The number of carbonyl (C=O) groups excluding carboxylic acids is 2. The second-order valence-corrected chi connectivity index (χ2v) is 13.4. The van der Waals surface area contributed by atoms with Gasteiger partial charge in [0.05, 0.1) is 11.2 Å². The summed E-state index contributed by atoms with van der Waals surface area (Å²) >= 11 is 1.51. The average Bonchev–Trinajstić information content (AvgIpc) is 3.79. The van der Waals surface area contributed by atoms with Crippen LogP contribution in [0, 0.1) is 0 Å². The molecule has 1 aromatic carbocycles. The highest BCUT2D eigenvalue weighted by Crippen LogP contribution is 2.32. The molecular weight excluding hydrogens is 580 g/mol. The number of likely N-dealkylation sites (tertiary alicyclic amines) is 2. The maximum Gasteiger partial charge on any atom is 0.324 e. The number of aromatic nitrogens is 4. The van der Waals surface area contributed by atoms with Crippen LogP contribution in [-0.4, -0.2) is 79.6 Å². The molecule has 2 aliphatic rings. The fourth-order valence-corrected chi connectivity index (χ4v) is 6.93. The number of hydrogen-bond acceptors (Lipinski definition) is 9. The second kappa shape index (κ2) is 10.9. The maximum absolute atomic E-state index is 12.5. The molecule has 0 aliphatic carbocycles. The quantitative estimate of drug-likeness (QED) is 0.255. The third-order valence-corrected chi connectivity index (χ3v) is 9.22. The van der Waals surface area contributed by atoms with Crippen LogP contribution in [0.1, 0.15) is 39.9 Å². The number of rotatable bonds is 7. The molecule has 2 atom stereocenters. The maximum atomic E-state index is 12.5. The van der Waals surface area contributed by atoms with E-state index >= 15 is 0 Å². The minimum Gasteiger partial charge on any atom is -0.476 e. The van der Waals surface area contributed by atoms with Crippen molar-refractivity contribution in [1.29, 1.82) is 0 Å². The van der Waals surface area contributed by atoms with Crippen LogP contribution in [-0.2, 0) is 10.2 Å². The van der Waals surface area contributed by atoms with Crippen molar-refractivity contribution >= 4 is 50.1 Å². The van der Waals surface area contributed by atoms with E-state index in [1.165, 1.54) is 11.3 Å². The Morgan fingerprint density at radius 2 is 1.89 bits per heavy atom. The number of imidazole rings is 1. The monoisotopic (exact) mass is 614 g/mol. The van der Waals surface area contributed by atoms with E-state index in [2.05, 4.69) is 20.7 Å². The summed E-state index contributed by atoms with van der Waals surface area (Å²) in [5.74, 6) is 1.83. The number of carbonyl (C=O) groups is 2. The summed E-state index contributed by atoms with van der Waals surface area (Å²) in [7, 11) is 0. The van der Waals surface area contributed by atoms with E-state index in [0.29, 0.717) is 41.8 Å². The number of nitrogens with zero attached hydrogens (tertiary/aromatic N) is 6. The lowest BCUT2D eigenvalue weighted by Crippen LogP contribution is -2.48. The van der Waals surface area contributed by atoms with Gasteiger partial charge in [0, 0.05) is 73.6 Å². The van der Waals surface area contributed by atoms with E-state index in [-0.39, 0.29) is 11.3 Å². The summed E-state index contributed by atoms with van der Waals surface area (Å²) in [6.45, 7) is 10.8. The zero-order valence-corrected chi connectivity index (χ0v) is 25.9. The van der Waals surface area contributed by atoms with Crippen molar-refractivity contribution in [3.8, 4) is 17.1 Å². The third kappa shape index (κ3) is 5.48. The number of thiazole rings is 1. The van der Waals surface area contributed by atoms with Gasteiger partial charge in [0.1, 0.15) is 17.2 Å². The Morgan fingerprint density at radius 1 is 1.07 bits per heavy atom. The Balaban J connectivity index is 0.954. The number of amides is 3. The number of piperazine rings is 1. The van der Waals surface area contributed by atoms with Gasteiger partial charge in [0.2, 0.25) is 11.8 Å². The number of pyridine rings is 1. The van der Waals surface area contributed by atoms with Crippen LogP contribution in [0.15, 0.2) is 53.2 Å². The molecule has 2 N–H and O–H groups in total. The molecule has 4 aromatic heterocycles. The molecule has 2 saturated heterocycles. The molecule has 5 aromatic rings. The summed E-state index contributed by atoms with van der Waals surface area (Å²) < 4.78 is 13.4. The molecule has 3 amide bonds. The van der Waals surface area contributed by atoms with Gasteiger partial charge in [0.15, 0.2) is 10.8 Å². The SMILES string of the molecule is CC(=O)N1C[C@@H]2C[C@H]1CN2CCOc1ccc2c(n1)sc1nc(-c3ccc(NC(=O)Nc4cc(C(C)(C)C)on4)cc3)cn12. The number of hydrogen-bond donors (Lipinski definition) is 2. The first kappa shape index (κ1) is 28.3. The topological polar surface area (TPSA) is 130 Å². The lowest BCUT2D eigenvalue weighted by Gasteiger charge is -2.33. The van der Waals surface area contributed by atoms with Gasteiger partial charge >= 0.3 is 6.03 Å². The smallest absolute Gasteiger partial charge is 0.324 e. The Labute approximate surface area is 258 Å². The molecule has 2 fully saturated rings. The van der Waals surface area contributed by atoms with Crippen LogP contribution in [0.3, 0.4) is 0 Å². The van der Waals surface area contributed by atoms with Crippen molar-refractivity contribution in [3.05, 3.63) is 54.4 Å². The second-order valence-electron chi connectivity index (χ2n) is 12.4. The summed E-state index contributed by atoms with van der Waals surface area (Å²) in [6.07, 6.45) is 3.05. The highest BCUT2D eigenvalue weighted by Gasteiger charge is 2.43. The predicted molar refractivity (Wildman–Crippen MR) is 168 cm³/mol. The molecule has 2 aliphatic heterocycles. The average molecular weight is 615 g/mol. The lowest BCUT2D eigenvalue weighted by atomic mass is 9.93. The molecule has 0 unspecified atom stereocenters. The number of urea groups is 1. The van der Waals surface area contributed by atoms with E-state index in [1.807, 2.05) is 72.7 Å². The largest absolute Gasteiger partial charge is 0.476 e. The zero-order chi connectivity index (χ0) is 30.6. The molecule has 12 nitrogen and oxygen atoms in total. The first-order chi connectivity index (χ1) is 21.1. The van der Waals surface area contributed by atoms with Crippen molar-refractivity contribution in [3.63, 3.8) is 0 Å². The number of fused-ring (bicyclic) bond motifs is 5. The fourth-order valence-electron chi connectivity index (χ4n) is 5.96. The van der Waals surface area contributed by atoms with Gasteiger partial charge in [0.25, 0.3) is 0 Å². The van der Waals surface area contributed by atoms with Gasteiger partial charge in [-0.1, -0.05) is 49.4 Å². The predicted octanol–water partition coefficient (Wildman–Crippen LogP) is 5.22. The van der Waals surface area contributed by atoms with Crippen LogP contribution in [0.5, 0.6) is 5.88 Å². The van der Waals surface area contributed by atoms with E-state index in [0.717, 1.165) is 52.6 Å². The van der Waals surface area contributed by atoms with Crippen LogP contribution in [0.4, 0.5) is 16.3 Å². The highest BCUT2D eigenvalue weighted by molar-refractivity contribution is 7.23. The van der Waals surface area contributed by atoms with E-state index in [1.54, 1.807) is 13.0 Å². The molecule has 6 heterocycles. The van der Waals surface area contributed by atoms with Gasteiger partial charge in [-0.15, -0.1) is 0 Å². The standard InChI is InChI=1S/C31H34N8O4S/c1-18(40)38-16-21-13-22(38)15-37(21)11-12-42-27-10-9-24-28(35-27)44-30-33-23(17-39(24)30)19-5-7-20(8-6-19)32-29(41)34-26-14-25(43-36-26)31(2,3)4/h5-10,14,17,21-22H,11-13,15-16H2,1-4H3,(H2,32,34,36,41)/t21-,22-/m0/s1. The molecule has 44 heavy (non-hydrogen) atoms. The molecule has 0 spiro atoms. The molecular formula is C31H34N8O4S. The first-order valence-corrected chi connectivity index (χ1v) is 15.5. The van der Waals surface area contributed by atoms with Crippen LogP contribution >= 0.6 is 11.3 Å².